The topological polar surface area (TPSA) is 98.6 Å². The number of thioether (sulfide) groups is 1. The van der Waals surface area contributed by atoms with Gasteiger partial charge in [0, 0.05) is 24.7 Å². The first-order valence-corrected chi connectivity index (χ1v) is 11.8. The van der Waals surface area contributed by atoms with Crippen LogP contribution in [0.25, 0.3) is 17.1 Å². The highest BCUT2D eigenvalue weighted by molar-refractivity contribution is 7.98. The van der Waals surface area contributed by atoms with Crippen LogP contribution in [0.3, 0.4) is 0 Å². The van der Waals surface area contributed by atoms with Crippen LogP contribution in [0.2, 0.25) is 5.02 Å². The van der Waals surface area contributed by atoms with Crippen molar-refractivity contribution in [3.63, 3.8) is 0 Å². The van der Waals surface area contributed by atoms with Crippen LogP contribution in [0, 0.1) is 0 Å². The molecule has 2 aromatic carbocycles. The molecule has 2 heterocycles. The van der Waals surface area contributed by atoms with Crippen LogP contribution < -0.4 is 10.6 Å². The molecular formula is C23H25ClN8S. The standard InChI is InChI=1S/C23H25ClN8S/c1-14(2)17-7-5-6-8-18(17)32-20(15-9-11-16(24)12-10-15)29-30-23(32)33-13-19-26-21(25)28-22(27-19)31(3)4/h5-12,14H,13H2,1-4H3,(H2,25,26,27,28). The molecule has 8 nitrogen and oxygen atoms in total. The van der Waals surface area contributed by atoms with Crippen molar-refractivity contribution in [3.05, 3.63) is 64.9 Å². The van der Waals surface area contributed by atoms with Gasteiger partial charge in [-0.2, -0.15) is 15.0 Å². The quantitative estimate of drug-likeness (QED) is 0.375. The van der Waals surface area contributed by atoms with Crippen LogP contribution in [0.4, 0.5) is 11.9 Å². The van der Waals surface area contributed by atoms with E-state index >= 15 is 0 Å². The molecule has 0 fully saturated rings. The van der Waals surface area contributed by atoms with Crippen molar-refractivity contribution in [2.45, 2.75) is 30.7 Å². The molecule has 0 saturated carbocycles. The van der Waals surface area contributed by atoms with Crippen LogP contribution >= 0.6 is 23.4 Å². The smallest absolute Gasteiger partial charge is 0.229 e. The van der Waals surface area contributed by atoms with Crippen LogP contribution in [-0.4, -0.2) is 43.8 Å². The normalized spacial score (nSPS) is 11.2. The fourth-order valence-corrected chi connectivity index (χ4v) is 4.29. The van der Waals surface area contributed by atoms with E-state index in [0.717, 1.165) is 22.2 Å². The van der Waals surface area contributed by atoms with Crippen molar-refractivity contribution >= 4 is 35.3 Å². The lowest BCUT2D eigenvalue weighted by atomic mass is 10.0. The van der Waals surface area contributed by atoms with Gasteiger partial charge >= 0.3 is 0 Å². The highest BCUT2D eigenvalue weighted by Crippen LogP contribution is 2.33. The molecule has 0 bridgehead atoms. The van der Waals surface area contributed by atoms with E-state index in [-0.39, 0.29) is 5.95 Å². The summed E-state index contributed by atoms with van der Waals surface area (Å²) in [4.78, 5) is 14.8. The van der Waals surface area contributed by atoms with Gasteiger partial charge in [-0.3, -0.25) is 4.57 Å². The summed E-state index contributed by atoms with van der Waals surface area (Å²) < 4.78 is 2.08. The molecule has 0 aliphatic rings. The van der Waals surface area contributed by atoms with E-state index in [4.69, 9.17) is 17.3 Å². The molecule has 0 aliphatic heterocycles. The van der Waals surface area contributed by atoms with Crippen molar-refractivity contribution in [1.29, 1.82) is 0 Å². The van der Waals surface area contributed by atoms with Crippen molar-refractivity contribution in [2.24, 2.45) is 0 Å². The highest BCUT2D eigenvalue weighted by Gasteiger charge is 2.20. The Bertz CT molecular complexity index is 1250. The van der Waals surface area contributed by atoms with Gasteiger partial charge in [0.1, 0.15) is 5.82 Å². The van der Waals surface area contributed by atoms with Crippen LogP contribution in [0.15, 0.2) is 53.7 Å². The second-order valence-electron chi connectivity index (χ2n) is 7.95. The fraction of sp³-hybridized carbons (Fsp3) is 0.261. The number of rotatable bonds is 7. The molecule has 33 heavy (non-hydrogen) atoms. The molecule has 0 unspecified atom stereocenters. The van der Waals surface area contributed by atoms with Gasteiger partial charge in [-0.05, 0) is 41.8 Å². The first-order valence-electron chi connectivity index (χ1n) is 10.4. The fourth-order valence-electron chi connectivity index (χ4n) is 3.36. The molecule has 0 atom stereocenters. The van der Waals surface area contributed by atoms with E-state index < -0.39 is 0 Å². The molecule has 4 aromatic rings. The molecule has 0 amide bonds. The summed E-state index contributed by atoms with van der Waals surface area (Å²) in [5.41, 5.74) is 9.06. The molecule has 170 valence electrons. The van der Waals surface area contributed by atoms with Crippen molar-refractivity contribution in [1.82, 2.24) is 29.7 Å². The first-order chi connectivity index (χ1) is 15.8. The molecule has 0 radical (unpaired) electrons. The Hall–Kier alpha value is -3.17. The van der Waals surface area contributed by atoms with Crippen molar-refractivity contribution < 1.29 is 0 Å². The summed E-state index contributed by atoms with van der Waals surface area (Å²) in [6.45, 7) is 4.35. The number of aromatic nitrogens is 6. The number of para-hydroxylation sites is 1. The zero-order valence-electron chi connectivity index (χ0n) is 18.9. The lowest BCUT2D eigenvalue weighted by Crippen LogP contribution is -2.16. The maximum Gasteiger partial charge on any atom is 0.229 e. The van der Waals surface area contributed by atoms with E-state index in [9.17, 15) is 0 Å². The van der Waals surface area contributed by atoms with Crippen LogP contribution in [0.1, 0.15) is 31.2 Å². The molecule has 0 saturated heterocycles. The van der Waals surface area contributed by atoms with E-state index in [0.29, 0.717) is 28.5 Å². The predicted molar refractivity (Wildman–Crippen MR) is 134 cm³/mol. The van der Waals surface area contributed by atoms with E-state index in [1.165, 1.54) is 17.3 Å². The lowest BCUT2D eigenvalue weighted by Gasteiger charge is -2.17. The molecule has 2 aromatic heterocycles. The Morgan fingerprint density at radius 1 is 1.00 bits per heavy atom. The molecular weight excluding hydrogens is 456 g/mol. The van der Waals surface area contributed by atoms with Gasteiger partial charge in [0.05, 0.1) is 11.4 Å². The van der Waals surface area contributed by atoms with Gasteiger partial charge in [-0.15, -0.1) is 10.2 Å². The third-order valence-electron chi connectivity index (χ3n) is 4.95. The van der Waals surface area contributed by atoms with E-state index in [1.807, 2.05) is 50.5 Å². The minimum Gasteiger partial charge on any atom is -0.368 e. The van der Waals surface area contributed by atoms with Gasteiger partial charge < -0.3 is 10.6 Å². The number of halogens is 1. The number of nitrogen functional groups attached to an aromatic ring is 1. The third kappa shape index (κ3) is 5.09. The first kappa shape index (κ1) is 23.0. The lowest BCUT2D eigenvalue weighted by molar-refractivity contribution is 0.818. The number of nitrogens with zero attached hydrogens (tertiary/aromatic N) is 7. The SMILES string of the molecule is CC(C)c1ccccc1-n1c(SCc2nc(N)nc(N(C)C)n2)nnc1-c1ccc(Cl)cc1. The summed E-state index contributed by atoms with van der Waals surface area (Å²) in [7, 11) is 3.73. The Balaban J connectivity index is 1.77. The van der Waals surface area contributed by atoms with Crippen LogP contribution in [0.5, 0.6) is 0 Å². The number of anilines is 2. The van der Waals surface area contributed by atoms with Gasteiger partial charge in [-0.25, -0.2) is 0 Å². The highest BCUT2D eigenvalue weighted by atomic mass is 35.5. The molecule has 0 spiro atoms. The third-order valence-corrected chi connectivity index (χ3v) is 6.13. The Morgan fingerprint density at radius 2 is 1.73 bits per heavy atom. The van der Waals surface area contributed by atoms with E-state index in [1.54, 1.807) is 4.90 Å². The zero-order chi connectivity index (χ0) is 23.5. The number of nitrogens with two attached hydrogens (primary N) is 1. The molecule has 2 N–H and O–H groups in total. The summed E-state index contributed by atoms with van der Waals surface area (Å²) in [6.07, 6.45) is 0. The average molecular weight is 481 g/mol. The van der Waals surface area contributed by atoms with Gasteiger partial charge in [-0.1, -0.05) is 55.4 Å². The maximum atomic E-state index is 6.11. The molecule has 4 rings (SSSR count). The van der Waals surface area contributed by atoms with Gasteiger partial charge in [0.2, 0.25) is 11.9 Å². The van der Waals surface area contributed by atoms with Crippen LogP contribution in [-0.2, 0) is 5.75 Å². The predicted octanol–water partition coefficient (Wildman–Crippen LogP) is 4.84. The van der Waals surface area contributed by atoms with Crippen molar-refractivity contribution in [3.8, 4) is 17.1 Å². The second-order valence-corrected chi connectivity index (χ2v) is 9.33. The average Bonchev–Trinajstić information content (AvgIpc) is 3.21. The minimum absolute atomic E-state index is 0.192. The molecule has 0 aliphatic carbocycles. The Labute approximate surface area is 202 Å². The molecule has 10 heteroatoms. The maximum absolute atomic E-state index is 6.11. The number of hydrogen-bond acceptors (Lipinski definition) is 8. The second kappa shape index (κ2) is 9.76. The summed E-state index contributed by atoms with van der Waals surface area (Å²) in [6, 6.07) is 15.9. The Morgan fingerprint density at radius 3 is 2.42 bits per heavy atom. The summed E-state index contributed by atoms with van der Waals surface area (Å²) in [5, 5.41) is 10.5. The zero-order valence-corrected chi connectivity index (χ0v) is 20.5. The number of hydrogen-bond donors (Lipinski definition) is 1. The number of benzene rings is 2. The van der Waals surface area contributed by atoms with Gasteiger partial charge in [0.15, 0.2) is 11.0 Å². The van der Waals surface area contributed by atoms with E-state index in [2.05, 4.69) is 55.7 Å². The monoisotopic (exact) mass is 480 g/mol. The Kier molecular flexibility index (Phi) is 6.80. The van der Waals surface area contributed by atoms with Crippen molar-refractivity contribution in [2.75, 3.05) is 24.7 Å². The minimum atomic E-state index is 0.192. The largest absolute Gasteiger partial charge is 0.368 e. The summed E-state index contributed by atoms with van der Waals surface area (Å²) in [5.74, 6) is 2.83. The summed E-state index contributed by atoms with van der Waals surface area (Å²) >= 11 is 7.61. The van der Waals surface area contributed by atoms with Gasteiger partial charge in [0.25, 0.3) is 0 Å².